The summed E-state index contributed by atoms with van der Waals surface area (Å²) in [4.78, 5) is 11.4. The predicted octanol–water partition coefficient (Wildman–Crippen LogP) is 2.50. The van der Waals surface area contributed by atoms with E-state index in [1.807, 2.05) is 18.2 Å². The number of carbonyl (C=O) groups excluding carboxylic acids is 1. The van der Waals surface area contributed by atoms with E-state index in [4.69, 9.17) is 0 Å². The monoisotopic (exact) mass is 220 g/mol. The van der Waals surface area contributed by atoms with Gasteiger partial charge in [0, 0.05) is 24.8 Å². The summed E-state index contributed by atoms with van der Waals surface area (Å²) in [5, 5.41) is 5.94. The lowest BCUT2D eigenvalue weighted by molar-refractivity contribution is 0.0963. The Morgan fingerprint density at radius 2 is 2.00 bits per heavy atom. The molecule has 1 rings (SSSR count). The Hall–Kier alpha value is -1.51. The highest BCUT2D eigenvalue weighted by Gasteiger charge is 2.10. The second-order valence-corrected chi connectivity index (χ2v) is 5.07. The van der Waals surface area contributed by atoms with Crippen LogP contribution in [0.4, 0.5) is 5.69 Å². The van der Waals surface area contributed by atoms with Crippen LogP contribution in [-0.4, -0.2) is 19.5 Å². The summed E-state index contributed by atoms with van der Waals surface area (Å²) < 4.78 is 0. The SMILES string of the molecule is CNC(=O)c1cccc(NCC(C)(C)C)c1. The van der Waals surface area contributed by atoms with E-state index in [1.165, 1.54) is 0 Å². The summed E-state index contributed by atoms with van der Waals surface area (Å²) in [6, 6.07) is 7.53. The van der Waals surface area contributed by atoms with Gasteiger partial charge in [0.1, 0.15) is 0 Å². The quantitative estimate of drug-likeness (QED) is 0.821. The number of anilines is 1. The highest BCUT2D eigenvalue weighted by Crippen LogP contribution is 2.16. The Balaban J connectivity index is 2.71. The van der Waals surface area contributed by atoms with Crippen molar-refractivity contribution < 1.29 is 4.79 Å². The number of benzene rings is 1. The van der Waals surface area contributed by atoms with E-state index in [0.717, 1.165) is 12.2 Å². The fraction of sp³-hybridized carbons (Fsp3) is 0.462. The van der Waals surface area contributed by atoms with Gasteiger partial charge in [-0.05, 0) is 23.6 Å². The highest BCUT2D eigenvalue weighted by atomic mass is 16.1. The normalized spacial score (nSPS) is 11.0. The largest absolute Gasteiger partial charge is 0.385 e. The molecule has 0 aromatic heterocycles. The van der Waals surface area contributed by atoms with Crippen LogP contribution in [0.15, 0.2) is 24.3 Å². The van der Waals surface area contributed by atoms with Crippen LogP contribution in [-0.2, 0) is 0 Å². The van der Waals surface area contributed by atoms with Gasteiger partial charge in [-0.2, -0.15) is 0 Å². The molecule has 0 fully saturated rings. The van der Waals surface area contributed by atoms with E-state index in [2.05, 4.69) is 31.4 Å². The molecule has 1 aromatic carbocycles. The molecule has 0 unspecified atom stereocenters. The van der Waals surface area contributed by atoms with Crippen molar-refractivity contribution in [3.05, 3.63) is 29.8 Å². The van der Waals surface area contributed by atoms with Gasteiger partial charge in [-0.1, -0.05) is 26.8 Å². The third-order valence-electron chi connectivity index (χ3n) is 2.17. The van der Waals surface area contributed by atoms with Gasteiger partial charge in [0.05, 0.1) is 0 Å². The third-order valence-corrected chi connectivity index (χ3v) is 2.17. The number of amides is 1. The second-order valence-electron chi connectivity index (χ2n) is 5.07. The van der Waals surface area contributed by atoms with Crippen LogP contribution in [0.3, 0.4) is 0 Å². The van der Waals surface area contributed by atoms with Crippen molar-refractivity contribution in [2.75, 3.05) is 18.9 Å². The molecule has 1 amide bonds. The molecule has 0 heterocycles. The maximum atomic E-state index is 11.4. The zero-order chi connectivity index (χ0) is 12.2. The summed E-state index contributed by atoms with van der Waals surface area (Å²) in [5.41, 5.74) is 1.89. The van der Waals surface area contributed by atoms with E-state index in [9.17, 15) is 4.79 Å². The number of carbonyl (C=O) groups is 1. The molecule has 1 aromatic rings. The minimum absolute atomic E-state index is 0.0561. The van der Waals surface area contributed by atoms with Crippen LogP contribution in [0.5, 0.6) is 0 Å². The summed E-state index contributed by atoms with van der Waals surface area (Å²) in [7, 11) is 1.64. The molecular weight excluding hydrogens is 200 g/mol. The summed E-state index contributed by atoms with van der Waals surface area (Å²) in [5.74, 6) is -0.0561. The molecule has 0 saturated carbocycles. The molecule has 0 radical (unpaired) electrons. The van der Waals surface area contributed by atoms with Crippen molar-refractivity contribution in [1.82, 2.24) is 5.32 Å². The third kappa shape index (κ3) is 3.93. The van der Waals surface area contributed by atoms with E-state index >= 15 is 0 Å². The molecule has 0 atom stereocenters. The molecule has 0 aliphatic rings. The number of hydrogen-bond donors (Lipinski definition) is 2. The average molecular weight is 220 g/mol. The van der Waals surface area contributed by atoms with Crippen molar-refractivity contribution in [2.45, 2.75) is 20.8 Å². The lowest BCUT2D eigenvalue weighted by Crippen LogP contribution is -2.20. The standard InChI is InChI=1S/C13H20N2O/c1-13(2,3)9-15-11-7-5-6-10(8-11)12(16)14-4/h5-8,15H,9H2,1-4H3,(H,14,16). The smallest absolute Gasteiger partial charge is 0.251 e. The molecule has 16 heavy (non-hydrogen) atoms. The van der Waals surface area contributed by atoms with Crippen LogP contribution in [0.2, 0.25) is 0 Å². The van der Waals surface area contributed by atoms with Gasteiger partial charge in [-0.25, -0.2) is 0 Å². The first kappa shape index (κ1) is 12.6. The van der Waals surface area contributed by atoms with Crippen LogP contribution in [0.25, 0.3) is 0 Å². The first-order chi connectivity index (χ1) is 7.42. The maximum Gasteiger partial charge on any atom is 0.251 e. The van der Waals surface area contributed by atoms with Crippen molar-refractivity contribution in [1.29, 1.82) is 0 Å². The Bertz CT molecular complexity index is 366. The second kappa shape index (κ2) is 5.01. The summed E-state index contributed by atoms with van der Waals surface area (Å²) >= 11 is 0. The molecule has 2 N–H and O–H groups in total. The molecule has 0 aliphatic heterocycles. The fourth-order valence-corrected chi connectivity index (χ4v) is 1.28. The minimum atomic E-state index is -0.0561. The zero-order valence-electron chi connectivity index (χ0n) is 10.4. The number of nitrogens with one attached hydrogen (secondary N) is 2. The Kier molecular flexibility index (Phi) is 3.93. The molecule has 0 saturated heterocycles. The Morgan fingerprint density at radius 3 is 2.56 bits per heavy atom. The van der Waals surface area contributed by atoms with Gasteiger partial charge in [0.15, 0.2) is 0 Å². The number of rotatable bonds is 3. The minimum Gasteiger partial charge on any atom is -0.385 e. The van der Waals surface area contributed by atoms with Crippen LogP contribution in [0, 0.1) is 5.41 Å². The first-order valence-electron chi connectivity index (χ1n) is 5.48. The molecule has 3 heteroatoms. The molecule has 0 bridgehead atoms. The van der Waals surface area contributed by atoms with Gasteiger partial charge >= 0.3 is 0 Å². The van der Waals surface area contributed by atoms with Crippen molar-refractivity contribution >= 4 is 11.6 Å². The molecule has 3 nitrogen and oxygen atoms in total. The average Bonchev–Trinajstić information content (AvgIpc) is 2.25. The zero-order valence-corrected chi connectivity index (χ0v) is 10.4. The maximum absolute atomic E-state index is 11.4. The van der Waals surface area contributed by atoms with Crippen molar-refractivity contribution in [3.8, 4) is 0 Å². The summed E-state index contributed by atoms with van der Waals surface area (Å²) in [6.45, 7) is 7.39. The van der Waals surface area contributed by atoms with Gasteiger partial charge < -0.3 is 10.6 Å². The molecule has 88 valence electrons. The van der Waals surface area contributed by atoms with Crippen LogP contribution >= 0.6 is 0 Å². The van der Waals surface area contributed by atoms with Gasteiger partial charge in [0.25, 0.3) is 5.91 Å². The van der Waals surface area contributed by atoms with Crippen LogP contribution in [0.1, 0.15) is 31.1 Å². The lowest BCUT2D eigenvalue weighted by Gasteiger charge is -2.19. The fourth-order valence-electron chi connectivity index (χ4n) is 1.28. The summed E-state index contributed by atoms with van der Waals surface area (Å²) in [6.07, 6.45) is 0. The Labute approximate surface area is 97.2 Å². The van der Waals surface area contributed by atoms with E-state index < -0.39 is 0 Å². The van der Waals surface area contributed by atoms with E-state index in [1.54, 1.807) is 13.1 Å². The topological polar surface area (TPSA) is 41.1 Å². The van der Waals surface area contributed by atoms with Gasteiger partial charge in [-0.15, -0.1) is 0 Å². The van der Waals surface area contributed by atoms with Gasteiger partial charge in [-0.3, -0.25) is 4.79 Å². The molecular formula is C13H20N2O. The van der Waals surface area contributed by atoms with Crippen molar-refractivity contribution in [3.63, 3.8) is 0 Å². The predicted molar refractivity (Wildman–Crippen MR) is 67.8 cm³/mol. The van der Waals surface area contributed by atoms with E-state index in [0.29, 0.717) is 5.56 Å². The number of hydrogen-bond acceptors (Lipinski definition) is 2. The van der Waals surface area contributed by atoms with Crippen molar-refractivity contribution in [2.24, 2.45) is 5.41 Å². The lowest BCUT2D eigenvalue weighted by atomic mass is 9.97. The highest BCUT2D eigenvalue weighted by molar-refractivity contribution is 5.94. The first-order valence-corrected chi connectivity index (χ1v) is 5.48. The Morgan fingerprint density at radius 1 is 1.31 bits per heavy atom. The molecule has 0 aliphatic carbocycles. The van der Waals surface area contributed by atoms with E-state index in [-0.39, 0.29) is 11.3 Å². The molecule has 0 spiro atoms. The van der Waals surface area contributed by atoms with Crippen LogP contribution < -0.4 is 10.6 Å². The van der Waals surface area contributed by atoms with Gasteiger partial charge in [0.2, 0.25) is 0 Å².